The molecular weight excluding hydrogens is 983 g/mol. The van der Waals surface area contributed by atoms with E-state index in [4.69, 9.17) is 34.2 Å². The molecule has 2 rings (SSSR count). The van der Waals surface area contributed by atoms with Gasteiger partial charge in [0.15, 0.2) is 12.6 Å². The van der Waals surface area contributed by atoms with Crippen LogP contribution in [0.25, 0.3) is 0 Å². The fraction of sp³-hybridized carbons (Fsp3) is 0.914. The minimum atomic E-state index is -1.52. The molecule has 2 aliphatic heterocycles. The largest absolute Gasteiger partial charge is 2.00 e. The third-order valence-corrected chi connectivity index (χ3v) is 11.8. The standard InChI is InChI=1S/C35H69N7O18S2.2Ca.2H2O/c1-55-34-32(56-10-2-12-61-14-4-36)31(52)29(50)24(60-34)20-58-35-33(30(51)28(49)23(19-43)59-35)57-11-3-13-62-15-5-37-25(44)16-40(7-9-42(21-38-53)22-39-54)6-8-41(17-26(45)46)18-27(47)48;;;;/h23-24,28-35,43,49-52H,2-22,36,38-39H2,1H3,(H,37,44)(H,45,46)(H,47,48);;;2*1H2/q;2*+2;;/p-4/t23-,24-,28-,29-,30+,31+,32-,33-,34+,35+;;;;/m1..../s1. The summed E-state index contributed by atoms with van der Waals surface area (Å²) in [5.41, 5.74) is 6.77. The molecule has 66 heavy (non-hydrogen) atoms. The molecule has 0 radical (unpaired) electrons. The summed E-state index contributed by atoms with van der Waals surface area (Å²) in [7, 11) is 1.36. The Morgan fingerprint density at radius 1 is 0.697 bits per heavy atom. The van der Waals surface area contributed by atoms with Gasteiger partial charge in [-0.25, -0.2) is 4.90 Å². The maximum Gasteiger partial charge on any atom is 2.00 e. The Morgan fingerprint density at radius 2 is 1.18 bits per heavy atom. The third kappa shape index (κ3) is 28.1. The number of methoxy groups -OCH3 is 1. The van der Waals surface area contributed by atoms with E-state index in [-0.39, 0.29) is 165 Å². The van der Waals surface area contributed by atoms with E-state index < -0.39 is 93.0 Å². The number of carbonyl (C=O) groups excluding carboxylic acids is 3. The van der Waals surface area contributed by atoms with Crippen molar-refractivity contribution in [3.05, 3.63) is 10.4 Å². The maximum absolute atomic E-state index is 12.8. The van der Waals surface area contributed by atoms with Crippen LogP contribution in [0.5, 0.6) is 0 Å². The molecule has 0 saturated carbocycles. The summed E-state index contributed by atoms with van der Waals surface area (Å²) in [6, 6.07) is 0. The van der Waals surface area contributed by atoms with Crippen LogP contribution in [0.15, 0.2) is 0 Å². The molecule has 2 fully saturated rings. The van der Waals surface area contributed by atoms with Gasteiger partial charge in [-0.05, 0) is 24.3 Å². The van der Waals surface area contributed by atoms with Crippen molar-refractivity contribution in [2.75, 3.05) is 129 Å². The molecule has 14 N–H and O–H groups in total. The molecule has 0 aromatic rings. The second-order valence-corrected chi connectivity index (χ2v) is 16.8. The maximum atomic E-state index is 12.8. The average molecular weight is 1050 g/mol. The van der Waals surface area contributed by atoms with Gasteiger partial charge in [0.1, 0.15) is 62.2 Å². The number of aliphatic hydroxyl groups is 5. The molecule has 380 valence electrons. The quantitative estimate of drug-likeness (QED) is 0.0122. The number of rotatable bonds is 36. The fourth-order valence-electron chi connectivity index (χ4n) is 6.42. The zero-order valence-electron chi connectivity index (χ0n) is 37.4. The van der Waals surface area contributed by atoms with Gasteiger partial charge in [-0.1, -0.05) is 0 Å². The van der Waals surface area contributed by atoms with Crippen LogP contribution in [0.3, 0.4) is 0 Å². The second kappa shape index (κ2) is 42.3. The molecule has 2 heterocycles. The summed E-state index contributed by atoms with van der Waals surface area (Å²) in [5.74, 6) is -0.668. The van der Waals surface area contributed by atoms with Gasteiger partial charge in [-0.3, -0.25) is 14.6 Å². The van der Waals surface area contributed by atoms with E-state index >= 15 is 0 Å². The fourth-order valence-corrected chi connectivity index (χ4v) is 7.89. The van der Waals surface area contributed by atoms with Gasteiger partial charge in [0, 0.05) is 84.2 Å². The first kappa shape index (κ1) is 71.0. The number of amides is 1. The van der Waals surface area contributed by atoms with E-state index in [0.717, 1.165) is 16.4 Å². The first-order valence-electron chi connectivity index (χ1n) is 20.4. The number of aliphatic carboxylic acids is 2. The number of hydroxylamine groups is 2. The number of nitrogens with two attached hydrogens (primary N) is 3. The van der Waals surface area contributed by atoms with E-state index in [2.05, 4.69) is 5.32 Å². The predicted molar refractivity (Wildman–Crippen MR) is 232 cm³/mol. The first-order valence-corrected chi connectivity index (χ1v) is 22.7. The molecule has 2 aliphatic rings. The Bertz CT molecular complexity index is 1230. The van der Waals surface area contributed by atoms with Crippen molar-refractivity contribution in [1.29, 1.82) is 0 Å². The Hall–Kier alpha value is 0.789. The number of nitrogens with one attached hydrogen (secondary N) is 1. The van der Waals surface area contributed by atoms with Crippen LogP contribution in [0.2, 0.25) is 0 Å². The van der Waals surface area contributed by atoms with Crippen LogP contribution in [0.1, 0.15) is 12.8 Å². The third-order valence-electron chi connectivity index (χ3n) is 9.65. The van der Waals surface area contributed by atoms with Crippen molar-refractivity contribution in [3.63, 3.8) is 0 Å². The molecule has 0 aromatic carbocycles. The molecule has 10 atom stereocenters. The number of hydrogen-bond donors (Lipinski definition) is 9. The summed E-state index contributed by atoms with van der Waals surface area (Å²) in [4.78, 5) is 39.3. The van der Waals surface area contributed by atoms with Crippen LogP contribution in [-0.4, -0.2) is 335 Å². The van der Waals surface area contributed by atoms with E-state index in [9.17, 15) is 60.5 Å². The molecule has 2 saturated heterocycles. The molecule has 0 aliphatic carbocycles. The Balaban J connectivity index is -0.00000992. The Kier molecular flexibility index (Phi) is 45.5. The van der Waals surface area contributed by atoms with Crippen LogP contribution >= 0.6 is 23.5 Å². The van der Waals surface area contributed by atoms with Crippen molar-refractivity contribution in [3.8, 4) is 0 Å². The zero-order valence-corrected chi connectivity index (χ0v) is 43.4. The normalized spacial score (nSPS) is 25.1. The van der Waals surface area contributed by atoms with Gasteiger partial charge in [-0.2, -0.15) is 23.5 Å². The molecule has 27 nitrogen and oxygen atoms in total. The Morgan fingerprint density at radius 3 is 1.68 bits per heavy atom. The van der Waals surface area contributed by atoms with Crippen molar-refractivity contribution >= 4 is 117 Å². The van der Waals surface area contributed by atoms with E-state index in [1.54, 1.807) is 21.6 Å². The topological polar surface area (TPSA) is 441 Å². The van der Waals surface area contributed by atoms with Gasteiger partial charge in [0.05, 0.1) is 31.7 Å². The molecule has 1 amide bonds. The number of carboxylic acids is 2. The van der Waals surface area contributed by atoms with Crippen molar-refractivity contribution in [1.82, 2.24) is 20.0 Å². The summed E-state index contributed by atoms with van der Waals surface area (Å²) >= 11 is 3.15. The molecule has 0 aromatic heterocycles. The number of quaternary nitrogens is 2. The van der Waals surface area contributed by atoms with Crippen LogP contribution < -0.4 is 32.2 Å². The van der Waals surface area contributed by atoms with Crippen molar-refractivity contribution in [2.45, 2.75) is 74.3 Å². The number of hydrogen-bond acceptors (Lipinski definition) is 26. The van der Waals surface area contributed by atoms with Gasteiger partial charge >= 0.3 is 75.5 Å². The summed E-state index contributed by atoms with van der Waals surface area (Å²) in [5, 5.41) is 100.0. The SMILES string of the molecule is CO[C@H]1O[C@H](CO[C@H]2O[C@H](CO)[C@@H](O)[C@H](O)[C@H]2OCCCSCCNC(=O)CN(CCN(C[NH2+][O-])C[NH2+][O-])CCN(CC(=O)[O-])CC(=O)[O-])[C@@H](O)[C@H](O)[C@H]1OCCCSCCN.[Ca+2].[Ca+2].[OH-].[OH-]. The molecule has 0 bridgehead atoms. The summed E-state index contributed by atoms with van der Waals surface area (Å²) in [6.07, 6.45) is -11.6. The predicted octanol–water partition coefficient (Wildman–Crippen LogP) is -11.0. The van der Waals surface area contributed by atoms with E-state index in [1.807, 2.05) is 0 Å². The monoisotopic (exact) mass is 1050 g/mol. The van der Waals surface area contributed by atoms with E-state index in [1.165, 1.54) is 18.9 Å². The van der Waals surface area contributed by atoms with Gasteiger partial charge < -0.3 is 117 Å². The van der Waals surface area contributed by atoms with Crippen LogP contribution in [-0.2, 0) is 42.8 Å². The first-order chi connectivity index (χ1) is 29.8. The van der Waals surface area contributed by atoms with Gasteiger partial charge in [0.2, 0.25) is 5.91 Å². The van der Waals surface area contributed by atoms with Crippen LogP contribution in [0, 0.1) is 10.4 Å². The average Bonchev–Trinajstić information content (AvgIpc) is 3.23. The van der Waals surface area contributed by atoms with Crippen molar-refractivity contribution < 1.29 is 100 Å². The number of carbonyl (C=O) groups is 3. The number of thioether (sulfide) groups is 2. The van der Waals surface area contributed by atoms with Gasteiger partial charge in [0.25, 0.3) is 0 Å². The Labute approximate surface area is 452 Å². The summed E-state index contributed by atoms with van der Waals surface area (Å²) in [6.45, 7) is -0.804. The number of carboxylic acid groups (broad SMARTS) is 2. The van der Waals surface area contributed by atoms with Gasteiger partial charge in [-0.15, -0.1) is 0 Å². The van der Waals surface area contributed by atoms with E-state index in [0.29, 0.717) is 41.9 Å². The zero-order chi connectivity index (χ0) is 45.9. The van der Waals surface area contributed by atoms with Crippen molar-refractivity contribution in [2.24, 2.45) is 5.73 Å². The molecule has 0 spiro atoms. The minimum absolute atomic E-state index is 0. The summed E-state index contributed by atoms with van der Waals surface area (Å²) < 4.78 is 34.5. The molecule has 31 heteroatoms. The second-order valence-electron chi connectivity index (χ2n) is 14.4. The smallest absolute Gasteiger partial charge is 0.870 e. The minimum Gasteiger partial charge on any atom is -0.870 e. The molecular formula is C35H69Ca2N7O20S2. The number of aliphatic hydroxyl groups excluding tert-OH is 5. The number of ether oxygens (including phenoxy) is 6. The molecule has 0 unspecified atom stereocenters. The van der Waals surface area contributed by atoms with Crippen LogP contribution in [0.4, 0.5) is 0 Å². The number of nitrogens with zero attached hydrogens (tertiary/aromatic N) is 3.